The van der Waals surface area contributed by atoms with Crippen LogP contribution < -0.4 is 5.32 Å². The molecule has 0 saturated heterocycles. The number of nitrogens with one attached hydrogen (secondary N) is 1. The van der Waals surface area contributed by atoms with Crippen LogP contribution >= 0.6 is 0 Å². The fourth-order valence-corrected chi connectivity index (χ4v) is 3.62. The summed E-state index contributed by atoms with van der Waals surface area (Å²) in [6.07, 6.45) is 13.0. The number of aliphatic hydroxyl groups excluding tert-OH is 1. The van der Waals surface area contributed by atoms with Crippen molar-refractivity contribution in [1.29, 1.82) is 0 Å². The summed E-state index contributed by atoms with van der Waals surface area (Å²) >= 11 is 0. The van der Waals surface area contributed by atoms with Gasteiger partial charge in [0.15, 0.2) is 0 Å². The molecule has 0 aromatic rings. The summed E-state index contributed by atoms with van der Waals surface area (Å²) in [6.45, 7) is 3.49. The Morgan fingerprint density at radius 1 is 1.05 bits per heavy atom. The van der Waals surface area contributed by atoms with Crippen molar-refractivity contribution < 1.29 is 9.84 Å². The normalized spacial score (nSPS) is 30.9. The molecule has 0 spiro atoms. The zero-order valence-electron chi connectivity index (χ0n) is 13.2. The highest BCUT2D eigenvalue weighted by molar-refractivity contribution is 4.74. The van der Waals surface area contributed by atoms with Crippen LogP contribution in [0.25, 0.3) is 0 Å². The molecule has 2 N–H and O–H groups in total. The molecule has 0 aromatic heterocycles. The van der Waals surface area contributed by atoms with Gasteiger partial charge in [0.25, 0.3) is 0 Å². The first kappa shape index (κ1) is 16.3. The second-order valence-electron chi connectivity index (χ2n) is 6.98. The van der Waals surface area contributed by atoms with Crippen molar-refractivity contribution in [3.05, 3.63) is 0 Å². The highest BCUT2D eigenvalue weighted by atomic mass is 16.5. The van der Waals surface area contributed by atoms with Gasteiger partial charge in [0.1, 0.15) is 0 Å². The Bertz CT molecular complexity index is 245. The predicted molar refractivity (Wildman–Crippen MR) is 82.9 cm³/mol. The Labute approximate surface area is 124 Å². The molecule has 2 rings (SSSR count). The highest BCUT2D eigenvalue weighted by Gasteiger charge is 2.20. The number of hydrogen-bond donors (Lipinski definition) is 2. The quantitative estimate of drug-likeness (QED) is 0.735. The molecule has 2 fully saturated rings. The smallest absolute Gasteiger partial charge is 0.0897 e. The van der Waals surface area contributed by atoms with Crippen LogP contribution in [-0.4, -0.2) is 36.5 Å². The molecule has 2 saturated carbocycles. The molecular weight excluding hydrogens is 250 g/mol. The van der Waals surface area contributed by atoms with Crippen LogP contribution in [0.5, 0.6) is 0 Å². The largest absolute Gasteiger partial charge is 0.389 e. The summed E-state index contributed by atoms with van der Waals surface area (Å²) in [5, 5.41) is 13.6. The van der Waals surface area contributed by atoms with E-state index in [1.807, 2.05) is 0 Å². The Kier molecular flexibility index (Phi) is 7.32. The lowest BCUT2D eigenvalue weighted by Crippen LogP contribution is -2.38. The van der Waals surface area contributed by atoms with Gasteiger partial charge < -0.3 is 15.2 Å². The number of hydrogen-bond acceptors (Lipinski definition) is 3. The maximum absolute atomic E-state index is 10.1. The SMILES string of the molecule is CC1CCCC(OCC(O)CNC2CCCCCC2)C1. The van der Waals surface area contributed by atoms with E-state index in [2.05, 4.69) is 12.2 Å². The standard InChI is InChI=1S/C17H33NO2/c1-14-7-6-10-17(11-14)20-13-16(19)12-18-15-8-4-2-3-5-9-15/h14-19H,2-13H2,1H3. The van der Waals surface area contributed by atoms with Crippen molar-refractivity contribution in [3.63, 3.8) is 0 Å². The van der Waals surface area contributed by atoms with Crippen molar-refractivity contribution in [2.75, 3.05) is 13.2 Å². The molecule has 0 radical (unpaired) electrons. The second-order valence-corrected chi connectivity index (χ2v) is 6.98. The van der Waals surface area contributed by atoms with E-state index in [-0.39, 0.29) is 6.10 Å². The fourth-order valence-electron chi connectivity index (χ4n) is 3.62. The van der Waals surface area contributed by atoms with Crippen molar-refractivity contribution in [1.82, 2.24) is 5.32 Å². The lowest BCUT2D eigenvalue weighted by molar-refractivity contribution is -0.0312. The van der Waals surface area contributed by atoms with E-state index < -0.39 is 0 Å². The summed E-state index contributed by atoms with van der Waals surface area (Å²) in [5.41, 5.74) is 0. The summed E-state index contributed by atoms with van der Waals surface area (Å²) < 4.78 is 5.89. The molecular formula is C17H33NO2. The topological polar surface area (TPSA) is 41.5 Å². The Hall–Kier alpha value is -0.120. The van der Waals surface area contributed by atoms with E-state index in [1.165, 1.54) is 64.2 Å². The fraction of sp³-hybridized carbons (Fsp3) is 1.00. The second kappa shape index (κ2) is 9.01. The average Bonchev–Trinajstić information content (AvgIpc) is 2.71. The third-order valence-electron chi connectivity index (χ3n) is 4.91. The van der Waals surface area contributed by atoms with Gasteiger partial charge in [-0.3, -0.25) is 0 Å². The van der Waals surface area contributed by atoms with Crippen molar-refractivity contribution in [3.8, 4) is 0 Å². The molecule has 3 nitrogen and oxygen atoms in total. The minimum atomic E-state index is -0.351. The van der Waals surface area contributed by atoms with E-state index in [1.54, 1.807) is 0 Å². The maximum atomic E-state index is 10.1. The van der Waals surface area contributed by atoms with Crippen LogP contribution in [0.2, 0.25) is 0 Å². The zero-order chi connectivity index (χ0) is 14.2. The first-order chi connectivity index (χ1) is 9.74. The van der Waals surface area contributed by atoms with Crippen LogP contribution in [0.4, 0.5) is 0 Å². The summed E-state index contributed by atoms with van der Waals surface area (Å²) in [4.78, 5) is 0. The van der Waals surface area contributed by atoms with Crippen molar-refractivity contribution in [2.24, 2.45) is 5.92 Å². The molecule has 20 heavy (non-hydrogen) atoms. The van der Waals surface area contributed by atoms with E-state index in [0.29, 0.717) is 25.3 Å². The molecule has 2 aliphatic carbocycles. The van der Waals surface area contributed by atoms with Crippen LogP contribution in [0.3, 0.4) is 0 Å². The predicted octanol–water partition coefficient (Wildman–Crippen LogP) is 3.26. The highest BCUT2D eigenvalue weighted by Crippen LogP contribution is 2.25. The van der Waals surface area contributed by atoms with Gasteiger partial charge in [0, 0.05) is 12.6 Å². The number of rotatable bonds is 6. The Morgan fingerprint density at radius 3 is 2.50 bits per heavy atom. The maximum Gasteiger partial charge on any atom is 0.0897 e. The average molecular weight is 283 g/mol. The molecule has 0 aromatic carbocycles. The molecule has 118 valence electrons. The lowest BCUT2D eigenvalue weighted by Gasteiger charge is -2.28. The van der Waals surface area contributed by atoms with Crippen LogP contribution in [0.15, 0.2) is 0 Å². The third-order valence-corrected chi connectivity index (χ3v) is 4.91. The zero-order valence-corrected chi connectivity index (χ0v) is 13.2. The van der Waals surface area contributed by atoms with Gasteiger partial charge in [-0.2, -0.15) is 0 Å². The van der Waals surface area contributed by atoms with Gasteiger partial charge in [0.05, 0.1) is 18.8 Å². The molecule has 0 amide bonds. The minimum Gasteiger partial charge on any atom is -0.389 e. The summed E-state index contributed by atoms with van der Waals surface area (Å²) in [5.74, 6) is 0.787. The number of aliphatic hydroxyl groups is 1. The van der Waals surface area contributed by atoms with E-state index in [0.717, 1.165) is 5.92 Å². The van der Waals surface area contributed by atoms with Gasteiger partial charge in [0.2, 0.25) is 0 Å². The van der Waals surface area contributed by atoms with Gasteiger partial charge in [-0.1, -0.05) is 45.4 Å². The van der Waals surface area contributed by atoms with Crippen LogP contribution in [-0.2, 0) is 4.74 Å². The molecule has 0 aliphatic heterocycles. The molecule has 3 atom stereocenters. The molecule has 0 bridgehead atoms. The lowest BCUT2D eigenvalue weighted by atomic mass is 9.89. The van der Waals surface area contributed by atoms with E-state index in [9.17, 15) is 5.11 Å². The molecule has 3 unspecified atom stereocenters. The van der Waals surface area contributed by atoms with Gasteiger partial charge in [-0.05, 0) is 31.6 Å². The Balaban J connectivity index is 1.56. The van der Waals surface area contributed by atoms with Crippen LogP contribution in [0, 0.1) is 5.92 Å². The Morgan fingerprint density at radius 2 is 1.80 bits per heavy atom. The van der Waals surface area contributed by atoms with E-state index in [4.69, 9.17) is 4.74 Å². The first-order valence-electron chi connectivity index (χ1n) is 8.77. The summed E-state index contributed by atoms with van der Waals surface area (Å²) in [7, 11) is 0. The van der Waals surface area contributed by atoms with Crippen molar-refractivity contribution in [2.45, 2.75) is 89.4 Å². The first-order valence-corrected chi connectivity index (χ1v) is 8.77. The van der Waals surface area contributed by atoms with Crippen LogP contribution in [0.1, 0.15) is 71.1 Å². The third kappa shape index (κ3) is 6.11. The van der Waals surface area contributed by atoms with E-state index >= 15 is 0 Å². The number of ether oxygens (including phenoxy) is 1. The molecule has 2 aliphatic rings. The van der Waals surface area contributed by atoms with Gasteiger partial charge in [-0.25, -0.2) is 0 Å². The van der Waals surface area contributed by atoms with Crippen molar-refractivity contribution >= 4 is 0 Å². The monoisotopic (exact) mass is 283 g/mol. The van der Waals surface area contributed by atoms with Gasteiger partial charge in [-0.15, -0.1) is 0 Å². The molecule has 0 heterocycles. The summed E-state index contributed by atoms with van der Waals surface area (Å²) in [6, 6.07) is 0.613. The molecule has 3 heteroatoms. The van der Waals surface area contributed by atoms with Gasteiger partial charge >= 0.3 is 0 Å². The minimum absolute atomic E-state index is 0.351.